The van der Waals surface area contributed by atoms with E-state index in [1.54, 1.807) is 31.2 Å². The van der Waals surface area contributed by atoms with E-state index in [2.05, 4.69) is 0 Å². The Bertz CT molecular complexity index is 1540. The first-order chi connectivity index (χ1) is 16.4. The molecule has 0 saturated heterocycles. The second-order valence-electron chi connectivity index (χ2n) is 7.94. The quantitative estimate of drug-likeness (QED) is 0.280. The highest BCUT2D eigenvalue weighted by molar-refractivity contribution is 7.90. The number of nitrogens with zero attached hydrogens (tertiary/aromatic N) is 1. The number of ketones is 1. The topological polar surface area (TPSA) is 65.4 Å². The molecular weight excluding hydrogens is 503 g/mol. The summed E-state index contributed by atoms with van der Waals surface area (Å²) in [5.41, 5.74) is 0.109. The van der Waals surface area contributed by atoms with Gasteiger partial charge in [0.25, 0.3) is 10.0 Å². The molecule has 0 radical (unpaired) electrons. The number of rotatable bonds is 6. The zero-order chi connectivity index (χ0) is 25.5. The molecule has 0 aliphatic carbocycles. The van der Waals surface area contributed by atoms with Crippen LogP contribution >= 0.6 is 11.6 Å². The van der Waals surface area contributed by atoms with Crippen LogP contribution in [0.2, 0.25) is 5.02 Å². The third-order valence-corrected chi connectivity index (χ3v) is 7.50. The summed E-state index contributed by atoms with van der Waals surface area (Å²) in [6, 6.07) is 13.3. The van der Waals surface area contributed by atoms with Crippen molar-refractivity contribution in [2.75, 3.05) is 7.11 Å². The maximum atomic E-state index is 13.4. The Kier molecular flexibility index (Phi) is 6.42. The van der Waals surface area contributed by atoms with Crippen LogP contribution in [0.1, 0.15) is 27.0 Å². The molecule has 4 aromatic rings. The van der Waals surface area contributed by atoms with Crippen molar-refractivity contribution < 1.29 is 31.1 Å². The van der Waals surface area contributed by atoms with Crippen molar-refractivity contribution in [3.8, 4) is 5.75 Å². The lowest BCUT2D eigenvalue weighted by atomic mass is 10.0. The molecule has 0 fully saturated rings. The number of ether oxygens (including phenoxy) is 1. The van der Waals surface area contributed by atoms with Crippen LogP contribution in [-0.4, -0.2) is 25.3 Å². The number of hydrogen-bond acceptors (Lipinski definition) is 4. The number of Topliss-reactive ketones (excluding diaryl/α,β-unsaturated/α-hetero) is 1. The summed E-state index contributed by atoms with van der Waals surface area (Å²) in [4.78, 5) is 13.2. The van der Waals surface area contributed by atoms with Gasteiger partial charge in [0.2, 0.25) is 0 Å². The van der Waals surface area contributed by atoms with Gasteiger partial charge in [0.15, 0.2) is 5.78 Å². The van der Waals surface area contributed by atoms with E-state index in [0.717, 1.165) is 33.9 Å². The minimum absolute atomic E-state index is 0.0370. The summed E-state index contributed by atoms with van der Waals surface area (Å²) in [5.74, 6) is -0.245. The predicted octanol–water partition coefficient (Wildman–Crippen LogP) is 6.29. The monoisotopic (exact) mass is 521 g/mol. The van der Waals surface area contributed by atoms with Gasteiger partial charge in [0.05, 0.1) is 23.1 Å². The number of carbonyl (C=O) groups excluding carboxylic acids is 1. The van der Waals surface area contributed by atoms with E-state index in [9.17, 15) is 26.4 Å². The van der Waals surface area contributed by atoms with Crippen LogP contribution in [0, 0.1) is 6.92 Å². The molecule has 0 atom stereocenters. The summed E-state index contributed by atoms with van der Waals surface area (Å²) in [6.45, 7) is 1.79. The Morgan fingerprint density at radius 1 is 1.03 bits per heavy atom. The molecule has 35 heavy (non-hydrogen) atoms. The van der Waals surface area contributed by atoms with Crippen LogP contribution < -0.4 is 4.74 Å². The van der Waals surface area contributed by atoms with Gasteiger partial charge < -0.3 is 4.74 Å². The molecule has 0 bridgehead atoms. The maximum absolute atomic E-state index is 13.4. The van der Waals surface area contributed by atoms with Crippen molar-refractivity contribution in [3.63, 3.8) is 0 Å². The zero-order valence-corrected chi connectivity index (χ0v) is 20.1. The molecule has 0 amide bonds. The lowest BCUT2D eigenvalue weighted by Gasteiger charge is -2.10. The van der Waals surface area contributed by atoms with Crippen molar-refractivity contribution in [1.82, 2.24) is 3.97 Å². The fourth-order valence-corrected chi connectivity index (χ4v) is 5.29. The molecule has 0 aliphatic heterocycles. The molecule has 1 heterocycles. The van der Waals surface area contributed by atoms with E-state index < -0.39 is 27.5 Å². The van der Waals surface area contributed by atoms with Gasteiger partial charge in [-0.25, -0.2) is 12.4 Å². The predicted molar refractivity (Wildman–Crippen MR) is 127 cm³/mol. The summed E-state index contributed by atoms with van der Waals surface area (Å²) in [5, 5.41) is 0.266. The average Bonchev–Trinajstić information content (AvgIpc) is 3.20. The number of aryl methyl sites for hydroxylation is 1. The standard InChI is InChI=1S/C25H19ClF3NO4S/c1-15-3-8-19(9-4-15)35(32,33)30-14-21(20-12-17(25(27,28)29)6-10-22(20)30)23(31)11-16-5-7-18(26)13-24(16)34-2/h3-10,12-14H,11H2,1-2H3. The molecule has 3 aromatic carbocycles. The number of carbonyl (C=O) groups is 1. The largest absolute Gasteiger partial charge is 0.496 e. The lowest BCUT2D eigenvalue weighted by molar-refractivity contribution is -0.137. The number of alkyl halides is 3. The summed E-state index contributed by atoms with van der Waals surface area (Å²) in [7, 11) is -2.80. The molecule has 0 saturated carbocycles. The number of fused-ring (bicyclic) bond motifs is 1. The molecule has 182 valence electrons. The summed E-state index contributed by atoms with van der Waals surface area (Å²) < 4.78 is 73.1. The minimum Gasteiger partial charge on any atom is -0.496 e. The van der Waals surface area contributed by atoms with Crippen LogP contribution in [0.25, 0.3) is 10.9 Å². The Balaban J connectivity index is 1.89. The number of halogens is 4. The SMILES string of the molecule is COc1cc(Cl)ccc1CC(=O)c1cn(S(=O)(=O)c2ccc(C)cc2)c2ccc(C(F)(F)F)cc12. The van der Waals surface area contributed by atoms with Gasteiger partial charge in [-0.2, -0.15) is 13.2 Å². The highest BCUT2D eigenvalue weighted by Crippen LogP contribution is 2.35. The Morgan fingerprint density at radius 3 is 2.34 bits per heavy atom. The zero-order valence-electron chi connectivity index (χ0n) is 18.6. The third kappa shape index (κ3) is 4.78. The Labute approximate surface area is 204 Å². The Hall–Kier alpha value is -3.30. The molecular formula is C25H19ClF3NO4S. The molecule has 0 spiro atoms. The first-order valence-electron chi connectivity index (χ1n) is 10.3. The molecule has 10 heteroatoms. The number of aromatic nitrogens is 1. The second kappa shape index (κ2) is 9.05. The van der Waals surface area contributed by atoms with Crippen molar-refractivity contribution in [2.24, 2.45) is 0 Å². The van der Waals surface area contributed by atoms with Crippen molar-refractivity contribution in [2.45, 2.75) is 24.4 Å². The van der Waals surface area contributed by atoms with E-state index in [-0.39, 0.29) is 27.8 Å². The van der Waals surface area contributed by atoms with E-state index in [1.165, 1.54) is 25.3 Å². The number of hydrogen-bond donors (Lipinski definition) is 0. The van der Waals surface area contributed by atoms with Gasteiger partial charge in [0.1, 0.15) is 5.75 Å². The first-order valence-corrected chi connectivity index (χ1v) is 12.1. The van der Waals surface area contributed by atoms with Crippen LogP contribution in [0.5, 0.6) is 5.75 Å². The molecule has 4 rings (SSSR count). The van der Waals surface area contributed by atoms with Gasteiger partial charge >= 0.3 is 6.18 Å². The van der Waals surface area contributed by atoms with Gasteiger partial charge in [-0.05, 0) is 49.4 Å². The highest BCUT2D eigenvalue weighted by Gasteiger charge is 2.32. The van der Waals surface area contributed by atoms with Crippen LogP contribution in [0.3, 0.4) is 0 Å². The maximum Gasteiger partial charge on any atom is 0.416 e. The minimum atomic E-state index is -4.67. The van der Waals surface area contributed by atoms with E-state index in [0.29, 0.717) is 16.3 Å². The van der Waals surface area contributed by atoms with Gasteiger partial charge in [0, 0.05) is 34.2 Å². The number of benzene rings is 3. The van der Waals surface area contributed by atoms with Crippen molar-refractivity contribution in [3.05, 3.63) is 94.1 Å². The number of methoxy groups -OCH3 is 1. The van der Waals surface area contributed by atoms with E-state index in [4.69, 9.17) is 16.3 Å². The Morgan fingerprint density at radius 2 is 1.71 bits per heavy atom. The average molecular weight is 522 g/mol. The fourth-order valence-electron chi connectivity index (χ4n) is 3.75. The molecule has 1 aromatic heterocycles. The summed E-state index contributed by atoms with van der Waals surface area (Å²) >= 11 is 5.97. The lowest BCUT2D eigenvalue weighted by Crippen LogP contribution is -2.12. The molecule has 0 unspecified atom stereocenters. The van der Waals surface area contributed by atoms with Gasteiger partial charge in [-0.3, -0.25) is 4.79 Å². The van der Waals surface area contributed by atoms with Crippen LogP contribution in [-0.2, 0) is 22.6 Å². The van der Waals surface area contributed by atoms with Crippen LogP contribution in [0.15, 0.2) is 71.8 Å². The first kappa shape index (κ1) is 24.8. The van der Waals surface area contributed by atoms with E-state index in [1.807, 2.05) is 0 Å². The van der Waals surface area contributed by atoms with Crippen molar-refractivity contribution >= 4 is 38.3 Å². The fraction of sp³-hybridized carbons (Fsp3) is 0.160. The normalized spacial score (nSPS) is 12.2. The van der Waals surface area contributed by atoms with Gasteiger partial charge in [-0.15, -0.1) is 0 Å². The smallest absolute Gasteiger partial charge is 0.416 e. The van der Waals surface area contributed by atoms with Gasteiger partial charge in [-0.1, -0.05) is 35.4 Å². The van der Waals surface area contributed by atoms with E-state index >= 15 is 0 Å². The van der Waals surface area contributed by atoms with Crippen LogP contribution in [0.4, 0.5) is 13.2 Å². The third-order valence-electron chi connectivity index (χ3n) is 5.58. The molecule has 5 nitrogen and oxygen atoms in total. The molecule has 0 aliphatic rings. The second-order valence-corrected chi connectivity index (χ2v) is 10.2. The van der Waals surface area contributed by atoms with Crippen molar-refractivity contribution in [1.29, 1.82) is 0 Å². The molecule has 0 N–H and O–H groups in total. The summed E-state index contributed by atoms with van der Waals surface area (Å²) in [6.07, 6.45) is -3.84. The highest BCUT2D eigenvalue weighted by atomic mass is 35.5.